The molecule has 2 atom stereocenters. The molecule has 1 fully saturated rings. The minimum absolute atomic E-state index is 0.0359. The van der Waals surface area contributed by atoms with Gasteiger partial charge in [0.1, 0.15) is 5.75 Å². The third-order valence-corrected chi connectivity index (χ3v) is 6.72. The molecule has 0 spiro atoms. The third kappa shape index (κ3) is 3.70. The number of piperidine rings is 1. The second-order valence-electron chi connectivity index (χ2n) is 8.53. The van der Waals surface area contributed by atoms with Crippen molar-refractivity contribution in [1.82, 2.24) is 15.2 Å². The zero-order valence-electron chi connectivity index (χ0n) is 17.4. The van der Waals surface area contributed by atoms with E-state index in [1.54, 1.807) is 0 Å². The zero-order chi connectivity index (χ0) is 20.5. The van der Waals surface area contributed by atoms with Crippen molar-refractivity contribution >= 4 is 16.8 Å². The molecule has 3 aromatic rings. The van der Waals surface area contributed by atoms with E-state index in [-0.39, 0.29) is 18.0 Å². The number of aromatic nitrogens is 1. The topological polar surface area (TPSA) is 57.4 Å². The van der Waals surface area contributed by atoms with E-state index in [2.05, 4.69) is 51.6 Å². The Balaban J connectivity index is 1.19. The van der Waals surface area contributed by atoms with Crippen molar-refractivity contribution in [2.45, 2.75) is 44.2 Å². The average Bonchev–Trinajstić information content (AvgIpc) is 3.23. The number of carbonyl (C=O) groups is 1. The number of likely N-dealkylation sites (tertiary alicyclic amines) is 1. The van der Waals surface area contributed by atoms with Crippen molar-refractivity contribution < 1.29 is 9.53 Å². The van der Waals surface area contributed by atoms with Crippen molar-refractivity contribution in [2.75, 3.05) is 19.7 Å². The van der Waals surface area contributed by atoms with Gasteiger partial charge in [0.05, 0.1) is 18.7 Å². The van der Waals surface area contributed by atoms with Crippen molar-refractivity contribution in [3.8, 4) is 5.75 Å². The smallest absolute Gasteiger partial charge is 0.237 e. The largest absolute Gasteiger partial charge is 0.493 e. The lowest BCUT2D eigenvalue weighted by molar-refractivity contribution is -0.127. The van der Waals surface area contributed by atoms with E-state index < -0.39 is 0 Å². The Morgan fingerprint density at radius 3 is 2.70 bits per heavy atom. The summed E-state index contributed by atoms with van der Waals surface area (Å²) in [5.74, 6) is 1.54. The van der Waals surface area contributed by atoms with Crippen LogP contribution in [-0.4, -0.2) is 41.5 Å². The fraction of sp³-hybridized carbons (Fsp3) is 0.400. The maximum absolute atomic E-state index is 13.0. The van der Waals surface area contributed by atoms with E-state index in [0.717, 1.165) is 43.7 Å². The molecule has 1 aromatic heterocycles. The van der Waals surface area contributed by atoms with E-state index in [1.165, 1.54) is 16.6 Å². The maximum Gasteiger partial charge on any atom is 0.237 e. The summed E-state index contributed by atoms with van der Waals surface area (Å²) in [7, 11) is 0. The highest BCUT2D eigenvalue weighted by molar-refractivity contribution is 5.82. The molecule has 3 heterocycles. The Hall–Kier alpha value is -2.79. The van der Waals surface area contributed by atoms with Crippen LogP contribution in [0.3, 0.4) is 0 Å². The number of carbonyl (C=O) groups excluding carboxylic acids is 1. The van der Waals surface area contributed by atoms with Gasteiger partial charge in [-0.2, -0.15) is 0 Å². The van der Waals surface area contributed by atoms with Crippen LogP contribution < -0.4 is 10.1 Å². The minimum Gasteiger partial charge on any atom is -0.493 e. The molecule has 5 nitrogen and oxygen atoms in total. The average molecular weight is 404 g/mol. The van der Waals surface area contributed by atoms with Crippen LogP contribution in [0.25, 0.3) is 10.9 Å². The molecule has 1 amide bonds. The van der Waals surface area contributed by atoms with Gasteiger partial charge in [0, 0.05) is 29.1 Å². The van der Waals surface area contributed by atoms with Gasteiger partial charge in [-0.25, -0.2) is 0 Å². The van der Waals surface area contributed by atoms with Gasteiger partial charge in [0.15, 0.2) is 0 Å². The lowest BCUT2D eigenvalue weighted by atomic mass is 9.92. The van der Waals surface area contributed by atoms with E-state index in [4.69, 9.17) is 4.74 Å². The highest BCUT2D eigenvalue weighted by Crippen LogP contribution is 2.33. The van der Waals surface area contributed by atoms with Gasteiger partial charge in [0.25, 0.3) is 0 Å². The van der Waals surface area contributed by atoms with Gasteiger partial charge in [-0.15, -0.1) is 0 Å². The van der Waals surface area contributed by atoms with E-state index in [1.807, 2.05) is 25.1 Å². The van der Waals surface area contributed by atoms with Crippen LogP contribution in [0.4, 0.5) is 0 Å². The Morgan fingerprint density at radius 1 is 1.10 bits per heavy atom. The standard InChI is InChI=1S/C25H29N3O2/c1-17(25(29)27-22-12-15-30-24-9-5-3-7-20(22)24)28-13-10-18(11-14-28)23-16-19-6-2-4-8-21(19)26-23/h2-9,16-18,22,26H,10-15H2,1H3,(H,27,29)/t17-,22+/m0/s1. The zero-order valence-corrected chi connectivity index (χ0v) is 17.4. The molecular formula is C25H29N3O2. The number of nitrogens with one attached hydrogen (secondary N) is 2. The molecule has 0 radical (unpaired) electrons. The molecule has 0 aliphatic carbocycles. The highest BCUT2D eigenvalue weighted by atomic mass is 16.5. The van der Waals surface area contributed by atoms with E-state index >= 15 is 0 Å². The quantitative estimate of drug-likeness (QED) is 0.680. The predicted octanol–water partition coefficient (Wildman–Crippen LogP) is 4.38. The Morgan fingerprint density at radius 2 is 1.87 bits per heavy atom. The van der Waals surface area contributed by atoms with Gasteiger partial charge in [-0.05, 0) is 56.4 Å². The van der Waals surface area contributed by atoms with Crippen molar-refractivity contribution in [2.24, 2.45) is 0 Å². The van der Waals surface area contributed by atoms with Crippen LogP contribution in [0.5, 0.6) is 5.75 Å². The predicted molar refractivity (Wildman–Crippen MR) is 119 cm³/mol. The summed E-state index contributed by atoms with van der Waals surface area (Å²) < 4.78 is 5.72. The van der Waals surface area contributed by atoms with Gasteiger partial charge in [-0.3, -0.25) is 9.69 Å². The molecule has 0 unspecified atom stereocenters. The van der Waals surface area contributed by atoms with Gasteiger partial charge in [-0.1, -0.05) is 36.4 Å². The second kappa shape index (κ2) is 8.15. The van der Waals surface area contributed by atoms with Crippen molar-refractivity contribution in [3.05, 3.63) is 65.9 Å². The molecule has 2 aliphatic heterocycles. The molecule has 0 saturated carbocycles. The normalized spacial score (nSPS) is 21.0. The molecule has 2 aromatic carbocycles. The lowest BCUT2D eigenvalue weighted by Crippen LogP contribution is -2.49. The van der Waals surface area contributed by atoms with Gasteiger partial charge < -0.3 is 15.0 Å². The van der Waals surface area contributed by atoms with Crippen LogP contribution >= 0.6 is 0 Å². The van der Waals surface area contributed by atoms with Crippen LogP contribution in [0, 0.1) is 0 Å². The molecule has 30 heavy (non-hydrogen) atoms. The Kier molecular flexibility index (Phi) is 5.21. The number of rotatable bonds is 4. The number of hydrogen-bond donors (Lipinski definition) is 2. The molecule has 5 heteroatoms. The summed E-state index contributed by atoms with van der Waals surface area (Å²) in [5.41, 5.74) is 3.62. The van der Waals surface area contributed by atoms with E-state index in [9.17, 15) is 4.79 Å². The summed E-state index contributed by atoms with van der Waals surface area (Å²) in [6, 6.07) is 18.7. The highest BCUT2D eigenvalue weighted by Gasteiger charge is 2.30. The number of benzene rings is 2. The maximum atomic E-state index is 13.0. The summed E-state index contributed by atoms with van der Waals surface area (Å²) in [6.45, 7) is 4.56. The van der Waals surface area contributed by atoms with Gasteiger partial charge >= 0.3 is 0 Å². The molecule has 2 aliphatic rings. The van der Waals surface area contributed by atoms with Crippen molar-refractivity contribution in [1.29, 1.82) is 0 Å². The van der Waals surface area contributed by atoms with Crippen molar-refractivity contribution in [3.63, 3.8) is 0 Å². The number of H-pyrrole nitrogens is 1. The van der Waals surface area contributed by atoms with E-state index in [0.29, 0.717) is 12.5 Å². The summed E-state index contributed by atoms with van der Waals surface area (Å²) in [5, 5.41) is 4.54. The Bertz CT molecular complexity index is 1000. The molecular weight excluding hydrogens is 374 g/mol. The molecule has 1 saturated heterocycles. The molecule has 0 bridgehead atoms. The Labute approximate surface area is 177 Å². The number of amides is 1. The van der Waals surface area contributed by atoms with Crippen LogP contribution in [0.1, 0.15) is 49.4 Å². The number of nitrogens with zero attached hydrogens (tertiary/aromatic N) is 1. The molecule has 2 N–H and O–H groups in total. The first-order chi connectivity index (χ1) is 14.7. The fourth-order valence-electron chi connectivity index (χ4n) is 4.86. The first kappa shape index (κ1) is 19.2. The number of hydrogen-bond acceptors (Lipinski definition) is 3. The lowest BCUT2D eigenvalue weighted by Gasteiger charge is -2.36. The number of fused-ring (bicyclic) bond motifs is 2. The first-order valence-corrected chi connectivity index (χ1v) is 11.0. The minimum atomic E-state index is -0.122. The monoisotopic (exact) mass is 403 g/mol. The SMILES string of the molecule is C[C@@H](C(=O)N[C@@H]1CCOc2ccccc21)N1CCC(c2cc3ccccc3[nH]2)CC1. The van der Waals surface area contributed by atoms with Crippen LogP contribution in [0.2, 0.25) is 0 Å². The summed E-state index contributed by atoms with van der Waals surface area (Å²) >= 11 is 0. The molecule has 156 valence electrons. The first-order valence-electron chi connectivity index (χ1n) is 11.0. The fourth-order valence-corrected chi connectivity index (χ4v) is 4.86. The third-order valence-electron chi connectivity index (χ3n) is 6.72. The van der Waals surface area contributed by atoms with Crippen LogP contribution in [-0.2, 0) is 4.79 Å². The number of para-hydroxylation sites is 2. The van der Waals surface area contributed by atoms with Crippen LogP contribution in [0.15, 0.2) is 54.6 Å². The number of aromatic amines is 1. The number of ether oxygens (including phenoxy) is 1. The second-order valence-corrected chi connectivity index (χ2v) is 8.53. The summed E-state index contributed by atoms with van der Waals surface area (Å²) in [4.78, 5) is 18.9. The van der Waals surface area contributed by atoms with Gasteiger partial charge in [0.2, 0.25) is 5.91 Å². The molecule has 5 rings (SSSR count). The summed E-state index contributed by atoms with van der Waals surface area (Å²) in [6.07, 6.45) is 2.97.